The van der Waals surface area contributed by atoms with Gasteiger partial charge in [0, 0.05) is 0 Å². The lowest BCUT2D eigenvalue weighted by atomic mass is 10.4. The second-order valence-electron chi connectivity index (χ2n) is 5.83. The van der Waals surface area contributed by atoms with Crippen molar-refractivity contribution in [1.29, 1.82) is 0 Å². The summed E-state index contributed by atoms with van der Waals surface area (Å²) < 4.78 is 37.6. The maximum atomic E-state index is 9.25. The normalized spacial score (nSPS) is 20.9. The van der Waals surface area contributed by atoms with Gasteiger partial charge in [0.05, 0.1) is 72.7 Å². The Balaban J connectivity index is 1.90. The van der Waals surface area contributed by atoms with E-state index in [9.17, 15) is 5.11 Å². The Labute approximate surface area is 149 Å². The molecule has 0 radical (unpaired) electrons. The molecule has 0 saturated carbocycles. The molecular formula is C16H32O9. The van der Waals surface area contributed by atoms with Crippen molar-refractivity contribution in [3.8, 4) is 0 Å². The van der Waals surface area contributed by atoms with Crippen molar-refractivity contribution in [2.24, 2.45) is 0 Å². The number of aliphatic hydroxyl groups is 2. The first-order valence-electron chi connectivity index (χ1n) is 8.57. The van der Waals surface area contributed by atoms with Crippen molar-refractivity contribution < 1.29 is 43.4 Å². The van der Waals surface area contributed by atoms with Gasteiger partial charge in [0.15, 0.2) is 12.1 Å². The predicted octanol–water partition coefficient (Wildman–Crippen LogP) is -0.468. The number of rotatable bonds is 16. The highest BCUT2D eigenvalue weighted by atomic mass is 16.8. The van der Waals surface area contributed by atoms with Crippen LogP contribution in [0.4, 0.5) is 0 Å². The average molecular weight is 368 g/mol. The number of hydrogen-bond acceptors (Lipinski definition) is 9. The summed E-state index contributed by atoms with van der Waals surface area (Å²) in [6, 6.07) is 0. The molecule has 0 spiro atoms. The SMILES string of the molecule is CC1(C)OCC(COC(CO)OCCOCCOCCOCCO)O1. The third kappa shape index (κ3) is 11.8. The van der Waals surface area contributed by atoms with Gasteiger partial charge in [-0.15, -0.1) is 0 Å². The standard InChI is InChI=1S/C16H32O9/c1-16(2)24-13-14(25-16)12-23-15(11-18)22-10-9-21-8-7-20-6-5-19-4-3-17/h14-15,17-18H,3-13H2,1-2H3. The minimum absolute atomic E-state index is 0.0150. The van der Waals surface area contributed by atoms with Crippen molar-refractivity contribution in [2.45, 2.75) is 32.0 Å². The maximum absolute atomic E-state index is 9.25. The fourth-order valence-electron chi connectivity index (χ4n) is 2.06. The van der Waals surface area contributed by atoms with E-state index >= 15 is 0 Å². The van der Waals surface area contributed by atoms with Crippen LogP contribution in [0.1, 0.15) is 13.8 Å². The molecule has 9 nitrogen and oxygen atoms in total. The number of aliphatic hydroxyl groups excluding tert-OH is 2. The van der Waals surface area contributed by atoms with E-state index in [1.54, 1.807) is 0 Å². The molecule has 1 rings (SSSR count). The molecule has 25 heavy (non-hydrogen) atoms. The third-order valence-electron chi connectivity index (χ3n) is 3.20. The van der Waals surface area contributed by atoms with Gasteiger partial charge >= 0.3 is 0 Å². The Morgan fingerprint density at radius 2 is 1.52 bits per heavy atom. The van der Waals surface area contributed by atoms with E-state index in [-0.39, 0.29) is 19.3 Å². The van der Waals surface area contributed by atoms with Crippen LogP contribution >= 0.6 is 0 Å². The van der Waals surface area contributed by atoms with E-state index in [4.69, 9.17) is 38.3 Å². The van der Waals surface area contributed by atoms with Crippen LogP contribution < -0.4 is 0 Å². The molecule has 0 aliphatic carbocycles. The van der Waals surface area contributed by atoms with Crippen LogP contribution in [-0.2, 0) is 33.2 Å². The van der Waals surface area contributed by atoms with Gasteiger partial charge in [-0.05, 0) is 13.8 Å². The summed E-state index contributed by atoms with van der Waals surface area (Å²) in [5, 5.41) is 17.8. The van der Waals surface area contributed by atoms with Crippen molar-refractivity contribution in [3.63, 3.8) is 0 Å². The van der Waals surface area contributed by atoms with E-state index in [0.717, 1.165) is 0 Å². The highest BCUT2D eigenvalue weighted by molar-refractivity contribution is 4.70. The zero-order chi connectivity index (χ0) is 18.4. The third-order valence-corrected chi connectivity index (χ3v) is 3.20. The van der Waals surface area contributed by atoms with Gasteiger partial charge in [-0.1, -0.05) is 0 Å². The zero-order valence-corrected chi connectivity index (χ0v) is 15.2. The zero-order valence-electron chi connectivity index (χ0n) is 15.2. The summed E-state index contributed by atoms with van der Waals surface area (Å²) in [6.45, 7) is 7.02. The van der Waals surface area contributed by atoms with Gasteiger partial charge in [-0.25, -0.2) is 0 Å². The van der Waals surface area contributed by atoms with Crippen LogP contribution in [0.3, 0.4) is 0 Å². The molecule has 150 valence electrons. The second kappa shape index (κ2) is 13.8. The summed E-state index contributed by atoms with van der Waals surface area (Å²) in [5.41, 5.74) is 0. The minimum atomic E-state index is -0.712. The molecule has 2 unspecified atom stereocenters. The molecule has 2 N–H and O–H groups in total. The van der Waals surface area contributed by atoms with Gasteiger partial charge < -0.3 is 43.4 Å². The molecular weight excluding hydrogens is 336 g/mol. The first kappa shape index (κ1) is 22.7. The Morgan fingerprint density at radius 3 is 2.04 bits per heavy atom. The topological polar surface area (TPSA) is 105 Å². The Kier molecular flexibility index (Phi) is 12.5. The fourth-order valence-corrected chi connectivity index (χ4v) is 2.06. The van der Waals surface area contributed by atoms with Crippen molar-refractivity contribution in [2.75, 3.05) is 72.7 Å². The van der Waals surface area contributed by atoms with E-state index in [0.29, 0.717) is 59.5 Å². The van der Waals surface area contributed by atoms with Gasteiger partial charge in [-0.2, -0.15) is 0 Å². The van der Waals surface area contributed by atoms with Crippen LogP contribution in [0, 0.1) is 0 Å². The molecule has 1 aliphatic rings. The van der Waals surface area contributed by atoms with Gasteiger partial charge in [0.2, 0.25) is 0 Å². The first-order valence-corrected chi connectivity index (χ1v) is 8.57. The van der Waals surface area contributed by atoms with Crippen LogP contribution in [0.2, 0.25) is 0 Å². The summed E-state index contributed by atoms with van der Waals surface area (Å²) in [5.74, 6) is -0.593. The van der Waals surface area contributed by atoms with Crippen molar-refractivity contribution in [3.05, 3.63) is 0 Å². The Hall–Kier alpha value is -0.360. The molecule has 1 heterocycles. The van der Waals surface area contributed by atoms with Gasteiger partial charge in [0.1, 0.15) is 6.10 Å². The Morgan fingerprint density at radius 1 is 0.920 bits per heavy atom. The number of ether oxygens (including phenoxy) is 7. The lowest BCUT2D eigenvalue weighted by Gasteiger charge is -2.20. The summed E-state index contributed by atoms with van der Waals surface area (Å²) in [4.78, 5) is 0. The number of hydrogen-bond donors (Lipinski definition) is 2. The molecule has 0 aromatic carbocycles. The van der Waals surface area contributed by atoms with Crippen LogP contribution in [-0.4, -0.2) is 101 Å². The monoisotopic (exact) mass is 368 g/mol. The molecule has 2 atom stereocenters. The highest BCUT2D eigenvalue weighted by Crippen LogP contribution is 2.22. The molecule has 0 aromatic heterocycles. The summed E-state index contributed by atoms with van der Waals surface area (Å²) in [6.07, 6.45) is -0.877. The second-order valence-corrected chi connectivity index (χ2v) is 5.83. The smallest absolute Gasteiger partial charge is 0.180 e. The van der Waals surface area contributed by atoms with Gasteiger partial charge in [0.25, 0.3) is 0 Å². The average Bonchev–Trinajstić information content (AvgIpc) is 2.94. The van der Waals surface area contributed by atoms with Crippen LogP contribution in [0.5, 0.6) is 0 Å². The highest BCUT2D eigenvalue weighted by Gasteiger charge is 2.33. The molecule has 1 aliphatic heterocycles. The molecule has 1 fully saturated rings. The largest absolute Gasteiger partial charge is 0.394 e. The Bertz CT molecular complexity index is 314. The lowest BCUT2D eigenvalue weighted by Crippen LogP contribution is -2.30. The van der Waals surface area contributed by atoms with Crippen LogP contribution in [0.15, 0.2) is 0 Å². The summed E-state index contributed by atoms with van der Waals surface area (Å²) >= 11 is 0. The van der Waals surface area contributed by atoms with E-state index in [1.807, 2.05) is 13.8 Å². The van der Waals surface area contributed by atoms with E-state index in [2.05, 4.69) is 0 Å². The molecule has 1 saturated heterocycles. The fraction of sp³-hybridized carbons (Fsp3) is 1.00. The van der Waals surface area contributed by atoms with E-state index in [1.165, 1.54) is 0 Å². The maximum Gasteiger partial charge on any atom is 0.180 e. The van der Waals surface area contributed by atoms with Gasteiger partial charge in [-0.3, -0.25) is 0 Å². The van der Waals surface area contributed by atoms with E-state index < -0.39 is 12.1 Å². The molecule has 0 bridgehead atoms. The lowest BCUT2D eigenvalue weighted by molar-refractivity contribution is -0.193. The molecule has 9 heteroatoms. The van der Waals surface area contributed by atoms with Crippen LogP contribution in [0.25, 0.3) is 0 Å². The minimum Gasteiger partial charge on any atom is -0.394 e. The van der Waals surface area contributed by atoms with Crippen molar-refractivity contribution >= 4 is 0 Å². The summed E-state index contributed by atoms with van der Waals surface area (Å²) in [7, 11) is 0. The first-order chi connectivity index (χ1) is 12.1. The molecule has 0 amide bonds. The van der Waals surface area contributed by atoms with Crippen molar-refractivity contribution in [1.82, 2.24) is 0 Å². The molecule has 0 aromatic rings. The predicted molar refractivity (Wildman–Crippen MR) is 87.2 cm³/mol. The quantitative estimate of drug-likeness (QED) is 0.276.